The average molecular weight is 236 g/mol. The van der Waals surface area contributed by atoms with Crippen LogP contribution in [-0.2, 0) is 11.3 Å². The Labute approximate surface area is 102 Å². The Bertz CT molecular complexity index is 347. The summed E-state index contributed by atoms with van der Waals surface area (Å²) in [6.45, 7) is 8.67. The van der Waals surface area contributed by atoms with Crippen LogP contribution in [0.15, 0.2) is 31.1 Å². The molecule has 2 N–H and O–H groups in total. The van der Waals surface area contributed by atoms with Crippen LogP contribution in [-0.4, -0.2) is 34.3 Å². The van der Waals surface area contributed by atoms with E-state index in [-0.39, 0.29) is 18.0 Å². The molecule has 2 unspecified atom stereocenters. The number of hydrogen-bond acceptors (Lipinski definition) is 3. The minimum absolute atomic E-state index is 0.0165. The first-order valence-corrected chi connectivity index (χ1v) is 5.75. The molecule has 1 heterocycles. The molecule has 0 saturated heterocycles. The number of nitrogens with zero attached hydrogens (tertiary/aromatic N) is 2. The minimum Gasteiger partial charge on any atom is -0.351 e. The van der Waals surface area contributed by atoms with Crippen LogP contribution in [0, 0.1) is 0 Å². The number of aromatic nitrogens is 2. The zero-order valence-electron chi connectivity index (χ0n) is 10.4. The molecule has 0 saturated carbocycles. The molecular formula is C12H20N4O. The molecule has 0 radical (unpaired) electrons. The first-order chi connectivity index (χ1) is 8.13. The maximum atomic E-state index is 11.6. The van der Waals surface area contributed by atoms with Crippen LogP contribution >= 0.6 is 0 Å². The first-order valence-electron chi connectivity index (χ1n) is 5.75. The van der Waals surface area contributed by atoms with Crippen molar-refractivity contribution in [2.24, 2.45) is 0 Å². The third-order valence-electron chi connectivity index (χ3n) is 2.37. The van der Waals surface area contributed by atoms with Gasteiger partial charge < -0.3 is 10.6 Å². The summed E-state index contributed by atoms with van der Waals surface area (Å²) in [4.78, 5) is 11.6. The second-order valence-electron chi connectivity index (χ2n) is 4.05. The smallest absolute Gasteiger partial charge is 0.237 e. The van der Waals surface area contributed by atoms with E-state index in [1.807, 2.05) is 30.8 Å². The van der Waals surface area contributed by atoms with Crippen LogP contribution in [0.5, 0.6) is 0 Å². The molecule has 1 rings (SSSR count). The molecule has 0 aromatic carbocycles. The van der Waals surface area contributed by atoms with Gasteiger partial charge in [0.2, 0.25) is 5.91 Å². The van der Waals surface area contributed by atoms with Crippen LogP contribution in [0.2, 0.25) is 0 Å². The predicted molar refractivity (Wildman–Crippen MR) is 67.5 cm³/mol. The molecule has 0 fully saturated rings. The van der Waals surface area contributed by atoms with Gasteiger partial charge in [-0.2, -0.15) is 5.10 Å². The highest BCUT2D eigenvalue weighted by atomic mass is 16.2. The highest BCUT2D eigenvalue weighted by molar-refractivity contribution is 5.81. The van der Waals surface area contributed by atoms with Crippen LogP contribution in [0.25, 0.3) is 0 Å². The molecule has 17 heavy (non-hydrogen) atoms. The average Bonchev–Trinajstić information content (AvgIpc) is 2.78. The maximum Gasteiger partial charge on any atom is 0.237 e. The van der Waals surface area contributed by atoms with Crippen molar-refractivity contribution in [3.63, 3.8) is 0 Å². The topological polar surface area (TPSA) is 59.0 Å². The highest BCUT2D eigenvalue weighted by Crippen LogP contribution is 1.93. The van der Waals surface area contributed by atoms with E-state index < -0.39 is 0 Å². The van der Waals surface area contributed by atoms with E-state index >= 15 is 0 Å². The van der Waals surface area contributed by atoms with Crippen LogP contribution in [0.4, 0.5) is 0 Å². The number of amides is 1. The van der Waals surface area contributed by atoms with Crippen molar-refractivity contribution in [3.8, 4) is 0 Å². The molecule has 5 heteroatoms. The second kappa shape index (κ2) is 6.85. The highest BCUT2D eigenvalue weighted by Gasteiger charge is 2.14. The van der Waals surface area contributed by atoms with E-state index in [2.05, 4.69) is 22.3 Å². The Kier molecular flexibility index (Phi) is 5.42. The third kappa shape index (κ3) is 4.82. The number of hydrogen-bond donors (Lipinski definition) is 2. The lowest BCUT2D eigenvalue weighted by molar-refractivity contribution is -0.122. The minimum atomic E-state index is -0.222. The molecule has 1 amide bonds. The first kappa shape index (κ1) is 13.4. The molecule has 0 bridgehead atoms. The van der Waals surface area contributed by atoms with E-state index in [0.717, 1.165) is 6.54 Å². The summed E-state index contributed by atoms with van der Waals surface area (Å²) in [5.74, 6) is -0.0165. The van der Waals surface area contributed by atoms with E-state index in [9.17, 15) is 4.79 Å². The van der Waals surface area contributed by atoms with Gasteiger partial charge in [0, 0.05) is 25.0 Å². The van der Waals surface area contributed by atoms with Crippen LogP contribution in [0.1, 0.15) is 13.8 Å². The van der Waals surface area contributed by atoms with E-state index in [4.69, 9.17) is 0 Å². The van der Waals surface area contributed by atoms with Gasteiger partial charge in [-0.05, 0) is 19.9 Å². The summed E-state index contributed by atoms with van der Waals surface area (Å²) in [6.07, 6.45) is 5.31. The predicted octanol–water partition coefficient (Wildman–Crippen LogP) is 0.552. The lowest BCUT2D eigenvalue weighted by Gasteiger charge is -2.19. The third-order valence-corrected chi connectivity index (χ3v) is 2.37. The van der Waals surface area contributed by atoms with Gasteiger partial charge in [-0.1, -0.05) is 6.08 Å². The largest absolute Gasteiger partial charge is 0.351 e. The van der Waals surface area contributed by atoms with Crippen LogP contribution < -0.4 is 10.6 Å². The number of rotatable bonds is 7. The van der Waals surface area contributed by atoms with Crippen molar-refractivity contribution in [2.75, 3.05) is 6.54 Å². The molecule has 1 aromatic rings. The Balaban J connectivity index is 2.32. The van der Waals surface area contributed by atoms with Gasteiger partial charge in [-0.3, -0.25) is 9.48 Å². The Morgan fingerprint density at radius 2 is 2.35 bits per heavy atom. The van der Waals surface area contributed by atoms with Crippen molar-refractivity contribution in [3.05, 3.63) is 31.1 Å². The number of carbonyl (C=O) groups excluding carboxylic acids is 1. The van der Waals surface area contributed by atoms with Crippen molar-refractivity contribution in [1.82, 2.24) is 20.4 Å². The van der Waals surface area contributed by atoms with Gasteiger partial charge in [0.25, 0.3) is 0 Å². The fourth-order valence-corrected chi connectivity index (χ4v) is 1.57. The lowest BCUT2D eigenvalue weighted by Crippen LogP contribution is -2.46. The molecule has 5 nitrogen and oxygen atoms in total. The van der Waals surface area contributed by atoms with Gasteiger partial charge in [0.05, 0.1) is 12.6 Å². The second-order valence-corrected chi connectivity index (χ2v) is 4.05. The molecule has 1 aromatic heterocycles. The summed E-state index contributed by atoms with van der Waals surface area (Å²) < 4.78 is 1.84. The quantitative estimate of drug-likeness (QED) is 0.680. The summed E-state index contributed by atoms with van der Waals surface area (Å²) >= 11 is 0. The Morgan fingerprint density at radius 3 is 2.94 bits per heavy atom. The van der Waals surface area contributed by atoms with Gasteiger partial charge in [0.1, 0.15) is 0 Å². The van der Waals surface area contributed by atoms with Crippen molar-refractivity contribution in [2.45, 2.75) is 32.5 Å². The molecule has 0 aliphatic carbocycles. The summed E-state index contributed by atoms with van der Waals surface area (Å²) in [7, 11) is 0. The van der Waals surface area contributed by atoms with Gasteiger partial charge >= 0.3 is 0 Å². The Hall–Kier alpha value is -1.62. The molecule has 0 spiro atoms. The van der Waals surface area contributed by atoms with Gasteiger partial charge in [-0.25, -0.2) is 0 Å². The Morgan fingerprint density at radius 1 is 1.59 bits per heavy atom. The number of carbonyl (C=O) groups is 1. The van der Waals surface area contributed by atoms with E-state index in [1.165, 1.54) is 0 Å². The monoisotopic (exact) mass is 236 g/mol. The summed E-state index contributed by atoms with van der Waals surface area (Å²) in [5, 5.41) is 10.1. The number of nitrogens with one attached hydrogen (secondary N) is 2. The summed E-state index contributed by atoms with van der Waals surface area (Å²) in [6, 6.07) is 1.84. The molecular weight excluding hydrogens is 216 g/mol. The SMILES string of the molecule is C=CCNC(=O)C(C)NC(C)Cn1cccn1. The zero-order valence-corrected chi connectivity index (χ0v) is 10.4. The standard InChI is InChI=1S/C12H20N4O/c1-4-6-13-12(17)11(3)15-10(2)9-16-8-5-7-14-16/h4-5,7-8,10-11,15H,1,6,9H2,2-3H3,(H,13,17). The fourth-order valence-electron chi connectivity index (χ4n) is 1.57. The molecule has 94 valence electrons. The van der Waals surface area contributed by atoms with Crippen molar-refractivity contribution >= 4 is 5.91 Å². The zero-order chi connectivity index (χ0) is 12.7. The molecule has 0 aliphatic rings. The van der Waals surface area contributed by atoms with Gasteiger partial charge in [-0.15, -0.1) is 6.58 Å². The van der Waals surface area contributed by atoms with E-state index in [0.29, 0.717) is 6.54 Å². The van der Waals surface area contributed by atoms with Crippen molar-refractivity contribution < 1.29 is 4.79 Å². The summed E-state index contributed by atoms with van der Waals surface area (Å²) in [5.41, 5.74) is 0. The van der Waals surface area contributed by atoms with Crippen molar-refractivity contribution in [1.29, 1.82) is 0 Å². The molecule has 0 aliphatic heterocycles. The normalized spacial score (nSPS) is 14.0. The fraction of sp³-hybridized carbons (Fsp3) is 0.500. The lowest BCUT2D eigenvalue weighted by atomic mass is 10.2. The van der Waals surface area contributed by atoms with E-state index in [1.54, 1.807) is 12.3 Å². The maximum absolute atomic E-state index is 11.6. The molecule has 2 atom stereocenters. The van der Waals surface area contributed by atoms with Crippen LogP contribution in [0.3, 0.4) is 0 Å². The van der Waals surface area contributed by atoms with Gasteiger partial charge in [0.15, 0.2) is 0 Å².